The van der Waals surface area contributed by atoms with Crippen molar-refractivity contribution in [3.8, 4) is 5.75 Å². The first-order valence-corrected chi connectivity index (χ1v) is 10.6. The summed E-state index contributed by atoms with van der Waals surface area (Å²) in [6, 6.07) is 10.7. The standard InChI is InChI=1S/C19H20N4O3S2/c1-4-16(24)22-19-23-17-14(26-2)9-12(10-15(17)28-19)21-18(25)20-11-6-5-7-13(8-11)27-3/h5-10H,4H2,1-3H3,(H2,20,21,25)(H,22,23,24). The van der Waals surface area contributed by atoms with Gasteiger partial charge in [-0.25, -0.2) is 9.78 Å². The topological polar surface area (TPSA) is 92.3 Å². The predicted octanol–water partition coefficient (Wildman–Crippen LogP) is 5.02. The Morgan fingerprint density at radius 2 is 1.93 bits per heavy atom. The molecule has 0 radical (unpaired) electrons. The largest absolute Gasteiger partial charge is 0.494 e. The average molecular weight is 417 g/mol. The number of rotatable bonds is 6. The molecule has 0 spiro atoms. The quantitative estimate of drug-likeness (QED) is 0.491. The number of thiazole rings is 1. The van der Waals surface area contributed by atoms with Crippen molar-refractivity contribution in [1.82, 2.24) is 4.98 Å². The minimum atomic E-state index is -0.358. The van der Waals surface area contributed by atoms with Gasteiger partial charge in [-0.3, -0.25) is 4.79 Å². The van der Waals surface area contributed by atoms with Crippen molar-refractivity contribution < 1.29 is 14.3 Å². The number of benzene rings is 2. The molecular formula is C19H20N4O3S2. The van der Waals surface area contributed by atoms with E-state index >= 15 is 0 Å². The van der Waals surface area contributed by atoms with Gasteiger partial charge in [0.25, 0.3) is 0 Å². The van der Waals surface area contributed by atoms with Gasteiger partial charge in [-0.05, 0) is 30.5 Å². The van der Waals surface area contributed by atoms with Crippen molar-refractivity contribution in [2.75, 3.05) is 29.3 Å². The Morgan fingerprint density at radius 3 is 2.64 bits per heavy atom. The molecule has 0 saturated heterocycles. The molecule has 0 saturated carbocycles. The summed E-state index contributed by atoms with van der Waals surface area (Å²) in [5, 5.41) is 8.87. The van der Waals surface area contributed by atoms with Crippen molar-refractivity contribution in [2.24, 2.45) is 0 Å². The third kappa shape index (κ3) is 4.73. The summed E-state index contributed by atoms with van der Waals surface area (Å²) < 4.78 is 6.20. The maximum atomic E-state index is 12.4. The summed E-state index contributed by atoms with van der Waals surface area (Å²) in [4.78, 5) is 29.4. The lowest BCUT2D eigenvalue weighted by molar-refractivity contribution is -0.115. The zero-order valence-electron chi connectivity index (χ0n) is 15.7. The summed E-state index contributed by atoms with van der Waals surface area (Å²) in [6.45, 7) is 1.78. The van der Waals surface area contributed by atoms with Crippen LogP contribution in [0.5, 0.6) is 5.75 Å². The molecule has 1 aromatic heterocycles. The van der Waals surface area contributed by atoms with E-state index < -0.39 is 0 Å². The highest BCUT2D eigenvalue weighted by molar-refractivity contribution is 7.98. The zero-order chi connectivity index (χ0) is 20.1. The maximum Gasteiger partial charge on any atom is 0.323 e. The monoisotopic (exact) mass is 416 g/mol. The van der Waals surface area contributed by atoms with E-state index in [-0.39, 0.29) is 11.9 Å². The first kappa shape index (κ1) is 20.0. The van der Waals surface area contributed by atoms with Crippen LogP contribution in [-0.2, 0) is 4.79 Å². The van der Waals surface area contributed by atoms with Gasteiger partial charge in [0.05, 0.1) is 11.8 Å². The number of carbonyl (C=O) groups excluding carboxylic acids is 2. The molecule has 0 aliphatic heterocycles. The van der Waals surface area contributed by atoms with Gasteiger partial charge in [0, 0.05) is 28.8 Å². The van der Waals surface area contributed by atoms with Gasteiger partial charge in [-0.15, -0.1) is 11.8 Å². The van der Waals surface area contributed by atoms with Crippen LogP contribution in [0.3, 0.4) is 0 Å². The third-order valence-corrected chi connectivity index (χ3v) is 5.48. The highest BCUT2D eigenvalue weighted by atomic mass is 32.2. The van der Waals surface area contributed by atoms with Crippen LogP contribution >= 0.6 is 23.1 Å². The first-order valence-electron chi connectivity index (χ1n) is 8.53. The van der Waals surface area contributed by atoms with Gasteiger partial charge >= 0.3 is 6.03 Å². The van der Waals surface area contributed by atoms with Crippen molar-refractivity contribution >= 4 is 61.8 Å². The summed E-state index contributed by atoms with van der Waals surface area (Å²) >= 11 is 2.93. The molecule has 2 aromatic carbocycles. The zero-order valence-corrected chi connectivity index (χ0v) is 17.3. The van der Waals surface area contributed by atoms with Gasteiger partial charge in [-0.2, -0.15) is 0 Å². The third-order valence-electron chi connectivity index (χ3n) is 3.83. The number of methoxy groups -OCH3 is 1. The molecule has 28 heavy (non-hydrogen) atoms. The Kier molecular flexibility index (Phi) is 6.37. The van der Waals surface area contributed by atoms with Crippen LogP contribution < -0.4 is 20.7 Å². The van der Waals surface area contributed by atoms with Gasteiger partial charge in [-0.1, -0.05) is 24.3 Å². The van der Waals surface area contributed by atoms with Gasteiger partial charge in [0.2, 0.25) is 5.91 Å². The molecule has 0 atom stereocenters. The first-order chi connectivity index (χ1) is 13.5. The van der Waals surface area contributed by atoms with Crippen molar-refractivity contribution in [3.05, 3.63) is 36.4 Å². The molecule has 7 nitrogen and oxygen atoms in total. The number of carbonyl (C=O) groups is 2. The van der Waals surface area contributed by atoms with Crippen LogP contribution in [-0.4, -0.2) is 30.3 Å². The van der Waals surface area contributed by atoms with E-state index in [1.807, 2.05) is 30.5 Å². The number of amides is 3. The Labute approximate surface area is 170 Å². The second-order valence-corrected chi connectivity index (χ2v) is 7.67. The van der Waals surface area contributed by atoms with E-state index in [0.29, 0.717) is 34.2 Å². The Hall–Kier alpha value is -2.78. The summed E-state index contributed by atoms with van der Waals surface area (Å²) in [6.07, 6.45) is 2.35. The Balaban J connectivity index is 1.80. The van der Waals surface area contributed by atoms with E-state index in [1.54, 1.807) is 30.8 Å². The minimum Gasteiger partial charge on any atom is -0.494 e. The lowest BCUT2D eigenvalue weighted by Crippen LogP contribution is -2.19. The fraction of sp³-hybridized carbons (Fsp3) is 0.211. The van der Waals surface area contributed by atoms with Crippen molar-refractivity contribution in [3.63, 3.8) is 0 Å². The maximum absolute atomic E-state index is 12.4. The molecule has 1 heterocycles. The van der Waals surface area contributed by atoms with E-state index in [4.69, 9.17) is 4.74 Å². The number of urea groups is 1. The van der Waals surface area contributed by atoms with Crippen LogP contribution in [0.4, 0.5) is 21.3 Å². The lowest BCUT2D eigenvalue weighted by Gasteiger charge is -2.10. The normalized spacial score (nSPS) is 10.5. The number of hydrogen-bond donors (Lipinski definition) is 3. The molecule has 3 rings (SSSR count). The number of ether oxygens (including phenoxy) is 1. The summed E-state index contributed by atoms with van der Waals surface area (Å²) in [5.74, 6) is 0.411. The lowest BCUT2D eigenvalue weighted by atomic mass is 10.2. The highest BCUT2D eigenvalue weighted by Gasteiger charge is 2.14. The van der Waals surface area contributed by atoms with Gasteiger partial charge in [0.1, 0.15) is 11.3 Å². The van der Waals surface area contributed by atoms with Crippen LogP contribution in [0.15, 0.2) is 41.3 Å². The van der Waals surface area contributed by atoms with E-state index in [9.17, 15) is 9.59 Å². The fourth-order valence-corrected chi connectivity index (χ4v) is 3.88. The molecule has 0 unspecified atom stereocenters. The van der Waals surface area contributed by atoms with Crippen LogP contribution in [0.1, 0.15) is 13.3 Å². The smallest absolute Gasteiger partial charge is 0.323 e. The molecule has 0 aliphatic carbocycles. The summed E-state index contributed by atoms with van der Waals surface area (Å²) in [7, 11) is 1.54. The number of anilines is 3. The predicted molar refractivity (Wildman–Crippen MR) is 116 cm³/mol. The van der Waals surface area contributed by atoms with Crippen LogP contribution in [0.25, 0.3) is 10.2 Å². The molecule has 0 aliphatic rings. The van der Waals surface area contributed by atoms with E-state index in [0.717, 1.165) is 9.60 Å². The molecule has 3 aromatic rings. The Morgan fingerprint density at radius 1 is 1.14 bits per heavy atom. The minimum absolute atomic E-state index is 0.108. The average Bonchev–Trinajstić information content (AvgIpc) is 3.09. The fourth-order valence-electron chi connectivity index (χ4n) is 2.48. The molecule has 3 amide bonds. The molecular weight excluding hydrogens is 396 g/mol. The number of fused-ring (bicyclic) bond motifs is 1. The van der Waals surface area contributed by atoms with Crippen LogP contribution in [0, 0.1) is 0 Å². The number of nitrogens with one attached hydrogen (secondary N) is 3. The number of nitrogens with zero attached hydrogens (tertiary/aromatic N) is 1. The van der Waals surface area contributed by atoms with Crippen LogP contribution in [0.2, 0.25) is 0 Å². The molecule has 146 valence electrons. The van der Waals surface area contributed by atoms with Gasteiger partial charge < -0.3 is 20.7 Å². The molecule has 9 heteroatoms. The number of hydrogen-bond acceptors (Lipinski definition) is 6. The Bertz CT molecular complexity index is 1020. The second-order valence-electron chi connectivity index (χ2n) is 5.76. The van der Waals surface area contributed by atoms with E-state index in [1.165, 1.54) is 18.4 Å². The van der Waals surface area contributed by atoms with Crippen molar-refractivity contribution in [1.29, 1.82) is 0 Å². The second kappa shape index (κ2) is 8.94. The molecule has 0 bridgehead atoms. The number of thioether (sulfide) groups is 1. The number of aromatic nitrogens is 1. The van der Waals surface area contributed by atoms with Crippen molar-refractivity contribution in [2.45, 2.75) is 18.2 Å². The highest BCUT2D eigenvalue weighted by Crippen LogP contribution is 2.35. The summed E-state index contributed by atoms with van der Waals surface area (Å²) in [5.41, 5.74) is 1.91. The SMILES string of the molecule is CCC(=O)Nc1nc2c(OC)cc(NC(=O)Nc3cccc(SC)c3)cc2s1. The van der Waals surface area contributed by atoms with Gasteiger partial charge in [0.15, 0.2) is 5.13 Å². The molecule has 3 N–H and O–H groups in total. The van der Waals surface area contributed by atoms with E-state index in [2.05, 4.69) is 20.9 Å². The molecule has 0 fully saturated rings.